The van der Waals surface area contributed by atoms with Crippen molar-refractivity contribution < 1.29 is 26.8 Å². The molecule has 0 aliphatic carbocycles. The molecule has 3 rings (SSSR count). The number of anilines is 1. The average molecular weight is 400 g/mol. The summed E-state index contributed by atoms with van der Waals surface area (Å²) in [7, 11) is 0. The van der Waals surface area contributed by atoms with Crippen LogP contribution in [0.15, 0.2) is 70.7 Å². The lowest BCUT2D eigenvalue weighted by molar-refractivity contribution is -0.137. The van der Waals surface area contributed by atoms with E-state index in [0.717, 1.165) is 24.3 Å². The molecule has 8 heteroatoms. The number of furan rings is 1. The van der Waals surface area contributed by atoms with Gasteiger partial charge in [0.15, 0.2) is 0 Å². The molecule has 0 saturated heterocycles. The third-order valence-electron chi connectivity index (χ3n) is 3.84. The Balaban J connectivity index is 1.83. The number of benzene rings is 2. The van der Waals surface area contributed by atoms with E-state index >= 15 is 0 Å². The Kier molecular flexibility index (Phi) is 5.50. The molecule has 0 aliphatic rings. The standard InChI is InChI=1S/C21H12F4N2O2/c22-16-5-2-6-17(11-16)27-20(28)14(12-26)10-18-7-8-19(29-18)13-3-1-4-15(9-13)21(23,24)25/h1-11H,(H,27,28)/b14-10+. The predicted octanol–water partition coefficient (Wildman–Crippen LogP) is 5.65. The predicted molar refractivity (Wildman–Crippen MR) is 97.8 cm³/mol. The summed E-state index contributed by atoms with van der Waals surface area (Å²) in [6.07, 6.45) is -3.35. The second-order valence-corrected chi connectivity index (χ2v) is 5.91. The molecule has 29 heavy (non-hydrogen) atoms. The van der Waals surface area contributed by atoms with E-state index in [-0.39, 0.29) is 28.3 Å². The summed E-state index contributed by atoms with van der Waals surface area (Å²) in [5, 5.41) is 11.6. The van der Waals surface area contributed by atoms with Gasteiger partial charge in [-0.05, 0) is 42.5 Å². The molecule has 3 aromatic rings. The number of amides is 1. The third-order valence-corrected chi connectivity index (χ3v) is 3.84. The van der Waals surface area contributed by atoms with Gasteiger partial charge in [0.25, 0.3) is 5.91 Å². The van der Waals surface area contributed by atoms with Crippen molar-refractivity contribution in [2.24, 2.45) is 0 Å². The van der Waals surface area contributed by atoms with Crippen LogP contribution >= 0.6 is 0 Å². The molecule has 0 bridgehead atoms. The Hall–Kier alpha value is -3.86. The van der Waals surface area contributed by atoms with Gasteiger partial charge in [-0.1, -0.05) is 18.2 Å². The maximum absolute atomic E-state index is 13.2. The summed E-state index contributed by atoms with van der Waals surface area (Å²) < 4.78 is 57.2. The number of alkyl halides is 3. The Bertz CT molecular complexity index is 1120. The summed E-state index contributed by atoms with van der Waals surface area (Å²) >= 11 is 0. The molecule has 4 nitrogen and oxygen atoms in total. The fraction of sp³-hybridized carbons (Fsp3) is 0.0476. The molecular formula is C21H12F4N2O2. The highest BCUT2D eigenvalue weighted by atomic mass is 19.4. The number of hydrogen-bond acceptors (Lipinski definition) is 3. The number of nitrogens with zero attached hydrogens (tertiary/aromatic N) is 1. The summed E-state index contributed by atoms with van der Waals surface area (Å²) in [4.78, 5) is 12.2. The van der Waals surface area contributed by atoms with Gasteiger partial charge in [0.2, 0.25) is 0 Å². The molecule has 0 atom stereocenters. The van der Waals surface area contributed by atoms with E-state index in [0.29, 0.717) is 0 Å². The van der Waals surface area contributed by atoms with E-state index in [1.54, 1.807) is 6.07 Å². The number of hydrogen-bond donors (Lipinski definition) is 1. The highest BCUT2D eigenvalue weighted by molar-refractivity contribution is 6.09. The molecular weight excluding hydrogens is 388 g/mol. The summed E-state index contributed by atoms with van der Waals surface area (Å²) in [6, 6.07) is 14.3. The Labute approximate surface area is 162 Å². The zero-order valence-electron chi connectivity index (χ0n) is 14.6. The van der Waals surface area contributed by atoms with Crippen LogP contribution in [0.2, 0.25) is 0 Å². The third kappa shape index (κ3) is 4.90. The molecule has 0 radical (unpaired) electrons. The van der Waals surface area contributed by atoms with Crippen LogP contribution in [0.25, 0.3) is 17.4 Å². The normalized spacial score (nSPS) is 11.8. The number of nitrogens with one attached hydrogen (secondary N) is 1. The van der Waals surface area contributed by atoms with Gasteiger partial charge in [0, 0.05) is 17.3 Å². The zero-order valence-corrected chi connectivity index (χ0v) is 14.6. The second-order valence-electron chi connectivity index (χ2n) is 5.91. The first-order valence-corrected chi connectivity index (χ1v) is 8.22. The molecule has 0 saturated carbocycles. The smallest absolute Gasteiger partial charge is 0.416 e. The monoisotopic (exact) mass is 400 g/mol. The molecule has 1 N–H and O–H groups in total. The largest absolute Gasteiger partial charge is 0.457 e. The minimum absolute atomic E-state index is 0.100. The molecule has 1 amide bonds. The van der Waals surface area contributed by atoms with Gasteiger partial charge in [-0.15, -0.1) is 0 Å². The lowest BCUT2D eigenvalue weighted by Gasteiger charge is -2.07. The van der Waals surface area contributed by atoms with Crippen molar-refractivity contribution in [3.63, 3.8) is 0 Å². The first-order chi connectivity index (χ1) is 13.8. The molecule has 146 valence electrons. The molecule has 1 heterocycles. The zero-order chi connectivity index (χ0) is 21.0. The minimum atomic E-state index is -4.49. The molecule has 0 fully saturated rings. The number of carbonyl (C=O) groups is 1. The van der Waals surface area contributed by atoms with E-state index in [9.17, 15) is 27.6 Å². The van der Waals surface area contributed by atoms with Gasteiger partial charge in [0.1, 0.15) is 29.0 Å². The van der Waals surface area contributed by atoms with E-state index in [1.165, 1.54) is 42.5 Å². The fourth-order valence-electron chi connectivity index (χ4n) is 2.49. The number of carbonyl (C=O) groups excluding carboxylic acids is 1. The maximum Gasteiger partial charge on any atom is 0.416 e. The molecule has 1 aromatic heterocycles. The molecule has 0 unspecified atom stereocenters. The lowest BCUT2D eigenvalue weighted by Crippen LogP contribution is -2.13. The second kappa shape index (κ2) is 8.02. The summed E-state index contributed by atoms with van der Waals surface area (Å²) in [6.45, 7) is 0. The Morgan fingerprint density at radius 2 is 1.83 bits per heavy atom. The Morgan fingerprint density at radius 3 is 2.52 bits per heavy atom. The van der Waals surface area contributed by atoms with Gasteiger partial charge in [-0.25, -0.2) is 4.39 Å². The van der Waals surface area contributed by atoms with Crippen molar-refractivity contribution in [2.45, 2.75) is 6.18 Å². The van der Waals surface area contributed by atoms with Crippen LogP contribution in [0.5, 0.6) is 0 Å². The highest BCUT2D eigenvalue weighted by Crippen LogP contribution is 2.32. The summed E-state index contributed by atoms with van der Waals surface area (Å²) in [5.74, 6) is -1.09. The van der Waals surface area contributed by atoms with Crippen LogP contribution in [-0.2, 0) is 11.0 Å². The molecule has 2 aromatic carbocycles. The first kappa shape index (κ1) is 19.9. The van der Waals surface area contributed by atoms with E-state index in [2.05, 4.69) is 5.32 Å². The quantitative estimate of drug-likeness (QED) is 0.350. The number of rotatable bonds is 4. The average Bonchev–Trinajstić information content (AvgIpc) is 3.14. The van der Waals surface area contributed by atoms with Crippen molar-refractivity contribution in [2.75, 3.05) is 5.32 Å². The van der Waals surface area contributed by atoms with Crippen LogP contribution in [0.3, 0.4) is 0 Å². The van der Waals surface area contributed by atoms with Crippen LogP contribution in [0.4, 0.5) is 23.2 Å². The SMILES string of the molecule is N#C/C(=C\c1ccc(-c2cccc(C(F)(F)F)c2)o1)C(=O)Nc1cccc(F)c1. The van der Waals surface area contributed by atoms with Crippen molar-refractivity contribution in [1.82, 2.24) is 0 Å². The van der Waals surface area contributed by atoms with Crippen LogP contribution in [0.1, 0.15) is 11.3 Å². The van der Waals surface area contributed by atoms with Crippen LogP contribution < -0.4 is 5.32 Å². The summed E-state index contributed by atoms with van der Waals surface area (Å²) in [5.41, 5.74) is -0.780. The van der Waals surface area contributed by atoms with Gasteiger partial charge in [-0.2, -0.15) is 18.4 Å². The topological polar surface area (TPSA) is 66.0 Å². The fourth-order valence-corrected chi connectivity index (χ4v) is 2.49. The number of halogens is 4. The van der Waals surface area contributed by atoms with Crippen molar-refractivity contribution in [3.8, 4) is 17.4 Å². The van der Waals surface area contributed by atoms with Crippen LogP contribution in [0, 0.1) is 17.1 Å². The van der Waals surface area contributed by atoms with Crippen molar-refractivity contribution in [3.05, 3.63) is 83.4 Å². The van der Waals surface area contributed by atoms with E-state index < -0.39 is 23.5 Å². The van der Waals surface area contributed by atoms with E-state index in [4.69, 9.17) is 4.42 Å². The molecule has 0 aliphatic heterocycles. The van der Waals surface area contributed by atoms with Gasteiger partial charge >= 0.3 is 6.18 Å². The van der Waals surface area contributed by atoms with Gasteiger partial charge in [0.05, 0.1) is 5.56 Å². The maximum atomic E-state index is 13.2. The van der Waals surface area contributed by atoms with Crippen LogP contribution in [-0.4, -0.2) is 5.91 Å². The lowest BCUT2D eigenvalue weighted by atomic mass is 10.1. The highest BCUT2D eigenvalue weighted by Gasteiger charge is 2.30. The first-order valence-electron chi connectivity index (χ1n) is 8.22. The number of nitriles is 1. The minimum Gasteiger partial charge on any atom is -0.457 e. The molecule has 0 spiro atoms. The Morgan fingerprint density at radius 1 is 1.07 bits per heavy atom. The van der Waals surface area contributed by atoms with Gasteiger partial charge < -0.3 is 9.73 Å². The van der Waals surface area contributed by atoms with Gasteiger partial charge in [-0.3, -0.25) is 4.79 Å². The van der Waals surface area contributed by atoms with Crippen molar-refractivity contribution in [1.29, 1.82) is 5.26 Å². The van der Waals surface area contributed by atoms with E-state index in [1.807, 2.05) is 0 Å². The van der Waals surface area contributed by atoms with Crippen molar-refractivity contribution >= 4 is 17.7 Å².